The number of hydrogen-bond acceptors (Lipinski definition) is 10. The average Bonchev–Trinajstić information content (AvgIpc) is 2.98. The molecule has 0 spiro atoms. The molecule has 0 amide bonds. The Morgan fingerprint density at radius 2 is 1.49 bits per heavy atom. The van der Waals surface area contributed by atoms with Crippen molar-refractivity contribution in [3.8, 4) is 5.75 Å². The monoisotopic (exact) mass is 621 g/mol. The van der Waals surface area contributed by atoms with Crippen LogP contribution < -0.4 is 10.3 Å². The number of ether oxygens (including phenoxy) is 4. The molecular weight excluding hydrogens is 578 g/mol. The first kappa shape index (κ1) is 33.8. The molecule has 2 heterocycles. The van der Waals surface area contributed by atoms with Crippen LogP contribution in [0.2, 0.25) is 0 Å². The Bertz CT molecular complexity index is 1530. The minimum absolute atomic E-state index is 0.193. The lowest BCUT2D eigenvalue weighted by molar-refractivity contribution is -0.186. The highest BCUT2D eigenvalue weighted by Crippen LogP contribution is 2.36. The lowest BCUT2D eigenvalue weighted by Crippen LogP contribution is -2.49. The van der Waals surface area contributed by atoms with Gasteiger partial charge in [-0.2, -0.15) is 0 Å². The first-order valence-corrected chi connectivity index (χ1v) is 15.3. The van der Waals surface area contributed by atoms with Crippen LogP contribution in [0, 0.1) is 11.3 Å². The first-order valence-electron chi connectivity index (χ1n) is 15.3. The quantitative estimate of drug-likeness (QED) is 0.165. The molecule has 45 heavy (non-hydrogen) atoms. The molecule has 0 aliphatic carbocycles. The van der Waals surface area contributed by atoms with E-state index in [2.05, 4.69) is 10.3 Å². The average molecular weight is 622 g/mol. The Balaban J connectivity index is 1.64. The smallest absolute Gasteiger partial charge is 0.324 e. The third-order valence-corrected chi connectivity index (χ3v) is 7.42. The third kappa shape index (κ3) is 8.97. The molecule has 1 aliphatic rings. The van der Waals surface area contributed by atoms with Crippen molar-refractivity contribution >= 4 is 28.6 Å². The number of carbonyl (C=O) groups is 3. The van der Waals surface area contributed by atoms with E-state index in [1.54, 1.807) is 90.1 Å². The number of hydrogen-bond donors (Lipinski definition) is 0. The maximum atomic E-state index is 14.0. The van der Waals surface area contributed by atoms with Crippen molar-refractivity contribution in [2.45, 2.75) is 85.0 Å². The zero-order valence-electron chi connectivity index (χ0n) is 27.0. The molecule has 1 saturated heterocycles. The van der Waals surface area contributed by atoms with Gasteiger partial charge in [-0.05, 0) is 103 Å². The molecule has 11 nitrogen and oxygen atoms in total. The number of benzene rings is 2. The van der Waals surface area contributed by atoms with Crippen LogP contribution >= 0.6 is 0 Å². The predicted molar refractivity (Wildman–Crippen MR) is 167 cm³/mol. The van der Waals surface area contributed by atoms with E-state index in [1.165, 1.54) is 0 Å². The van der Waals surface area contributed by atoms with E-state index in [9.17, 15) is 19.2 Å². The largest absolute Gasteiger partial charge is 0.493 e. The number of Topliss-reactive ketones (excluding diaryl/α,β-unsaturated/α-hetero) is 1. The van der Waals surface area contributed by atoms with Crippen LogP contribution in [0.3, 0.4) is 0 Å². The topological polar surface area (TPSA) is 136 Å². The van der Waals surface area contributed by atoms with Crippen LogP contribution in [0.15, 0.2) is 53.3 Å². The Hall–Kier alpha value is -4.12. The highest BCUT2D eigenvalue weighted by Gasteiger charge is 2.52. The van der Waals surface area contributed by atoms with E-state index in [0.717, 1.165) is 30.7 Å². The fourth-order valence-corrected chi connectivity index (χ4v) is 4.98. The minimum Gasteiger partial charge on any atom is -0.493 e. The Labute approximate surface area is 263 Å². The van der Waals surface area contributed by atoms with Crippen LogP contribution in [0.1, 0.15) is 77.6 Å². The number of aryl methyl sites for hydroxylation is 1. The maximum absolute atomic E-state index is 14.0. The number of ketones is 1. The zero-order chi connectivity index (χ0) is 32.8. The van der Waals surface area contributed by atoms with Gasteiger partial charge >= 0.3 is 11.9 Å². The summed E-state index contributed by atoms with van der Waals surface area (Å²) >= 11 is 0. The van der Waals surface area contributed by atoms with Gasteiger partial charge in [-0.1, -0.05) is 17.3 Å². The second-order valence-corrected chi connectivity index (χ2v) is 13.5. The van der Waals surface area contributed by atoms with Gasteiger partial charge in [-0.15, -0.1) is 5.10 Å². The number of nitrogens with zero attached hydrogens (tertiary/aromatic N) is 3. The molecule has 0 radical (unpaired) electrons. The van der Waals surface area contributed by atoms with Crippen molar-refractivity contribution in [2.75, 3.05) is 19.8 Å². The van der Waals surface area contributed by atoms with E-state index < -0.39 is 46.3 Å². The minimum atomic E-state index is -2.08. The molecule has 3 aromatic rings. The van der Waals surface area contributed by atoms with E-state index >= 15 is 0 Å². The van der Waals surface area contributed by atoms with Gasteiger partial charge in [0, 0.05) is 31.7 Å². The van der Waals surface area contributed by atoms with Gasteiger partial charge < -0.3 is 18.9 Å². The summed E-state index contributed by atoms with van der Waals surface area (Å²) in [6.07, 6.45) is 1.03. The Kier molecular flexibility index (Phi) is 10.4. The van der Waals surface area contributed by atoms with Crippen molar-refractivity contribution in [3.63, 3.8) is 0 Å². The van der Waals surface area contributed by atoms with Crippen LogP contribution in [-0.2, 0) is 30.3 Å². The van der Waals surface area contributed by atoms with E-state index in [0.29, 0.717) is 29.2 Å². The summed E-state index contributed by atoms with van der Waals surface area (Å²) in [6, 6.07) is 13.3. The highest BCUT2D eigenvalue weighted by atomic mass is 16.6. The number of fused-ring (bicyclic) bond motifs is 1. The zero-order valence-corrected chi connectivity index (χ0v) is 27.0. The number of esters is 2. The molecule has 2 aromatic carbocycles. The molecule has 1 aliphatic heterocycles. The molecule has 11 heteroatoms. The lowest BCUT2D eigenvalue weighted by Gasteiger charge is -2.34. The number of carbonyl (C=O) groups excluding carboxylic acids is 3. The van der Waals surface area contributed by atoms with E-state index in [4.69, 9.17) is 18.9 Å². The summed E-state index contributed by atoms with van der Waals surface area (Å²) in [6.45, 7) is 11.8. The molecule has 0 N–H and O–H groups in total. The maximum Gasteiger partial charge on any atom is 0.324 e. The number of rotatable bonds is 11. The van der Waals surface area contributed by atoms with Crippen LogP contribution in [0.5, 0.6) is 5.75 Å². The van der Waals surface area contributed by atoms with E-state index in [1.807, 2.05) is 0 Å². The molecule has 242 valence electrons. The second kappa shape index (κ2) is 13.9. The first-order chi connectivity index (χ1) is 21.2. The van der Waals surface area contributed by atoms with Crippen molar-refractivity contribution in [1.82, 2.24) is 15.0 Å². The van der Waals surface area contributed by atoms with Crippen LogP contribution in [0.4, 0.5) is 0 Å². The SMILES string of the molecule is CC(C)(C)OC(=O)C(CCn1nnc2ccccc2c1=O)(CC(=O)c1ccc(OCC2CCOCC2)cc1)C(=O)OC(C)(C)C. The Morgan fingerprint density at radius 3 is 2.09 bits per heavy atom. The molecule has 1 fully saturated rings. The van der Waals surface area contributed by atoms with Crippen molar-refractivity contribution in [2.24, 2.45) is 11.3 Å². The third-order valence-electron chi connectivity index (χ3n) is 7.42. The predicted octanol–water partition coefficient (Wildman–Crippen LogP) is 4.93. The molecule has 0 saturated carbocycles. The van der Waals surface area contributed by atoms with Gasteiger partial charge in [0.1, 0.15) is 22.5 Å². The summed E-state index contributed by atoms with van der Waals surface area (Å²) in [4.78, 5) is 54.9. The van der Waals surface area contributed by atoms with Crippen LogP contribution in [0.25, 0.3) is 10.9 Å². The summed E-state index contributed by atoms with van der Waals surface area (Å²) in [7, 11) is 0. The molecule has 0 unspecified atom stereocenters. The van der Waals surface area contributed by atoms with Gasteiger partial charge in [0.25, 0.3) is 5.56 Å². The summed E-state index contributed by atoms with van der Waals surface area (Å²) < 4.78 is 23.9. The standard InChI is InChI=1S/C34H43N3O8/c1-32(2,3)44-30(40)34(31(41)45-33(4,5)6,17-18-37-29(39)26-9-7-8-10-27(26)35-36-37)21-28(38)24-11-13-25(14-12-24)43-22-23-15-19-42-20-16-23/h7-14,23H,15-22H2,1-6H3. The molecule has 4 rings (SSSR count). The Morgan fingerprint density at radius 1 is 0.889 bits per heavy atom. The van der Waals surface area contributed by atoms with Crippen molar-refractivity contribution < 1.29 is 33.3 Å². The van der Waals surface area contributed by atoms with E-state index in [-0.39, 0.29) is 18.5 Å². The molecule has 1 aromatic heterocycles. The fraction of sp³-hybridized carbons (Fsp3) is 0.529. The van der Waals surface area contributed by atoms with Gasteiger partial charge in [-0.25, -0.2) is 4.68 Å². The van der Waals surface area contributed by atoms with Gasteiger partial charge in [-0.3, -0.25) is 19.2 Å². The van der Waals surface area contributed by atoms with Gasteiger partial charge in [0.05, 0.1) is 12.0 Å². The lowest BCUT2D eigenvalue weighted by atomic mass is 9.78. The summed E-state index contributed by atoms with van der Waals surface area (Å²) in [5.41, 5.74) is -3.77. The number of aromatic nitrogens is 3. The van der Waals surface area contributed by atoms with Crippen molar-refractivity contribution in [1.29, 1.82) is 0 Å². The highest BCUT2D eigenvalue weighted by molar-refractivity contribution is 6.07. The van der Waals surface area contributed by atoms with Crippen molar-refractivity contribution in [3.05, 3.63) is 64.4 Å². The molecule has 0 bridgehead atoms. The fourth-order valence-electron chi connectivity index (χ4n) is 4.98. The van der Waals surface area contributed by atoms with Gasteiger partial charge in [0.2, 0.25) is 0 Å². The molecular formula is C34H43N3O8. The second-order valence-electron chi connectivity index (χ2n) is 13.5. The van der Waals surface area contributed by atoms with Crippen LogP contribution in [-0.4, -0.2) is 63.7 Å². The normalized spacial score (nSPS) is 14.6. The summed E-state index contributed by atoms with van der Waals surface area (Å²) in [5.74, 6) is -1.30. The van der Waals surface area contributed by atoms with Gasteiger partial charge in [0.15, 0.2) is 11.2 Å². The molecule has 0 atom stereocenters. The summed E-state index contributed by atoms with van der Waals surface area (Å²) in [5, 5.41) is 8.46.